The van der Waals surface area contributed by atoms with Crippen molar-refractivity contribution in [3.05, 3.63) is 0 Å². The van der Waals surface area contributed by atoms with Crippen molar-refractivity contribution < 1.29 is 9.53 Å². The summed E-state index contributed by atoms with van der Waals surface area (Å²) in [6.45, 7) is 55.9. The number of ether oxygens (including phenoxy) is 1. The molecule has 0 atom stereocenters. The van der Waals surface area contributed by atoms with Crippen LogP contribution in [-0.2, 0) is 9.53 Å². The first kappa shape index (κ1) is 75.1. The maximum atomic E-state index is 11.2. The number of rotatable bonds is 32. The molecule has 0 bridgehead atoms. The molecule has 0 fully saturated rings. The van der Waals surface area contributed by atoms with Crippen LogP contribution in [0.4, 0.5) is 0 Å². The molecule has 0 unspecified atom stereocenters. The molecule has 3 heteroatoms. The van der Waals surface area contributed by atoms with Crippen LogP contribution < -0.4 is 5.73 Å². The summed E-state index contributed by atoms with van der Waals surface area (Å²) in [5.41, 5.74) is 5.88. The fraction of sp³-hybridized carbons (Fsp3) is 0.984. The fourth-order valence-corrected chi connectivity index (χ4v) is 6.81. The lowest BCUT2D eigenvalue weighted by molar-refractivity contribution is -0.119. The van der Waals surface area contributed by atoms with E-state index in [0.717, 1.165) is 110 Å². The Morgan fingerprint density at radius 2 is 0.562 bits per heavy atom. The largest absolute Gasteiger partial charge is 0.381 e. The molecule has 0 aromatic heterocycles. The Hall–Kier alpha value is -0.410. The van der Waals surface area contributed by atoms with E-state index in [1.807, 2.05) is 0 Å². The van der Waals surface area contributed by atoms with E-state index in [4.69, 9.17) is 10.5 Å². The zero-order valence-electron chi connectivity index (χ0n) is 49.7. The first-order valence-corrected chi connectivity index (χ1v) is 28.4. The number of carbonyl (C=O) groups is 1. The van der Waals surface area contributed by atoms with Crippen LogP contribution in [0.15, 0.2) is 0 Å². The smallest absolute Gasteiger partial charge is 0.133 e. The zero-order valence-corrected chi connectivity index (χ0v) is 49.7. The van der Waals surface area contributed by atoms with Crippen molar-refractivity contribution in [2.24, 2.45) is 76.7 Å². The van der Waals surface area contributed by atoms with E-state index < -0.39 is 0 Å². The fourth-order valence-electron chi connectivity index (χ4n) is 6.81. The van der Waals surface area contributed by atoms with E-state index in [1.54, 1.807) is 0 Å². The van der Waals surface area contributed by atoms with Gasteiger partial charge in [-0.25, -0.2) is 0 Å². The molecule has 64 heavy (non-hydrogen) atoms. The second-order valence-corrected chi connectivity index (χ2v) is 25.0. The van der Waals surface area contributed by atoms with E-state index in [9.17, 15) is 4.79 Å². The summed E-state index contributed by atoms with van der Waals surface area (Å²) >= 11 is 0. The van der Waals surface area contributed by atoms with Crippen LogP contribution in [0.1, 0.15) is 301 Å². The number of hydrogen-bond donors (Lipinski definition) is 1. The van der Waals surface area contributed by atoms with Gasteiger partial charge in [0, 0.05) is 32.1 Å². The minimum atomic E-state index is 0.417. The van der Waals surface area contributed by atoms with Gasteiger partial charge in [0.05, 0.1) is 0 Å². The molecule has 0 aromatic carbocycles. The molecule has 0 saturated carbocycles. The third kappa shape index (κ3) is 99.8. The van der Waals surface area contributed by atoms with Gasteiger partial charge >= 0.3 is 0 Å². The van der Waals surface area contributed by atoms with Crippen LogP contribution in [0.25, 0.3) is 0 Å². The van der Waals surface area contributed by atoms with Crippen molar-refractivity contribution in [3.8, 4) is 0 Å². The Morgan fingerprint density at radius 3 is 0.797 bits per heavy atom. The van der Waals surface area contributed by atoms with Crippen molar-refractivity contribution in [1.29, 1.82) is 0 Å². The quantitative estimate of drug-likeness (QED) is 0.0684. The van der Waals surface area contributed by atoms with Crippen LogP contribution in [-0.4, -0.2) is 25.0 Å². The topological polar surface area (TPSA) is 52.3 Å². The van der Waals surface area contributed by atoms with Crippen LogP contribution in [0, 0.1) is 71.0 Å². The molecular formula is C61H133NO2. The summed E-state index contributed by atoms with van der Waals surface area (Å²) in [5.74, 6) is 10.1. The van der Waals surface area contributed by atoms with Crippen LogP contribution in [0.2, 0.25) is 0 Å². The molecule has 0 aliphatic heterocycles. The highest BCUT2D eigenvalue weighted by Crippen LogP contribution is 2.15. The predicted octanol–water partition coefficient (Wildman–Crippen LogP) is 20.9. The molecular weight excluding hydrogens is 779 g/mol. The summed E-state index contributed by atoms with van der Waals surface area (Å²) in [6.07, 6.45) is 27.0. The number of nitrogens with two attached hydrogens (primary N) is 1. The molecule has 0 aliphatic carbocycles. The molecule has 2 N–H and O–H groups in total. The van der Waals surface area contributed by atoms with Gasteiger partial charge < -0.3 is 10.5 Å². The summed E-state index contributed by atoms with van der Waals surface area (Å²) in [5, 5.41) is 0. The lowest BCUT2D eigenvalue weighted by Crippen LogP contribution is -2.23. The van der Waals surface area contributed by atoms with Gasteiger partial charge in [0.15, 0.2) is 0 Å². The average Bonchev–Trinajstić information content (AvgIpc) is 3.10. The van der Waals surface area contributed by atoms with Gasteiger partial charge in [-0.05, 0) is 103 Å². The van der Waals surface area contributed by atoms with Gasteiger partial charge in [0.25, 0.3) is 0 Å². The molecule has 0 saturated heterocycles. The number of hydrogen-bond acceptors (Lipinski definition) is 3. The lowest BCUT2D eigenvalue weighted by Gasteiger charge is -2.15. The molecule has 0 heterocycles. The van der Waals surface area contributed by atoms with Gasteiger partial charge in [-0.2, -0.15) is 0 Å². The Morgan fingerprint density at radius 1 is 0.312 bits per heavy atom. The molecule has 0 spiro atoms. The highest BCUT2D eigenvalue weighted by atomic mass is 16.5. The van der Waals surface area contributed by atoms with Gasteiger partial charge in [0.2, 0.25) is 0 Å². The SMILES string of the molecule is CC(C)CC(N)CC(C)C.CC(C)CCCC(=O)CC(C)C.CC(C)CCCC(C)C.CC(C)CCCCCC(C)C.CC(C)CCCCCC(C)C.CC(C)CCOCCC(C)C. The molecule has 0 radical (unpaired) electrons. The number of ketones is 1. The van der Waals surface area contributed by atoms with E-state index in [2.05, 4.69) is 166 Å². The summed E-state index contributed by atoms with van der Waals surface area (Å²) in [7, 11) is 0. The highest BCUT2D eigenvalue weighted by Gasteiger charge is 2.07. The first-order valence-electron chi connectivity index (χ1n) is 28.4. The maximum absolute atomic E-state index is 11.2. The monoisotopic (exact) mass is 912 g/mol. The Labute approximate surface area is 410 Å². The van der Waals surface area contributed by atoms with E-state index in [1.165, 1.54) is 103 Å². The number of unbranched alkanes of at least 4 members (excludes halogenated alkanes) is 4. The molecule has 0 rings (SSSR count). The van der Waals surface area contributed by atoms with Gasteiger partial charge in [0.1, 0.15) is 5.78 Å². The second kappa shape index (κ2) is 55.2. The first-order chi connectivity index (χ1) is 29.5. The van der Waals surface area contributed by atoms with Crippen LogP contribution in [0.3, 0.4) is 0 Å². The number of carbonyl (C=O) groups excluding carboxylic acids is 1. The zero-order chi connectivity index (χ0) is 51.1. The molecule has 0 amide bonds. The molecule has 0 aliphatic rings. The molecule has 0 aromatic rings. The Kier molecular flexibility index (Phi) is 64.8. The predicted molar refractivity (Wildman–Crippen MR) is 299 cm³/mol. The van der Waals surface area contributed by atoms with Crippen molar-refractivity contribution in [3.63, 3.8) is 0 Å². The Balaban J connectivity index is -0.000000158. The molecule has 394 valence electrons. The standard InChI is InChI=1S/C11H22O.2C11H24.C10H22O.C9H21N.C9H20/c1-9(2)6-5-7-11(12)8-10(3)4;2*1-10(2)8-6-5-7-9-11(3)4;1-9(2)5-7-11-8-6-10(3)4;1-7(2)5-9(10)6-8(3)4;1-8(2)6-5-7-9(3)4/h9-10H,5-8H2,1-4H3;2*10-11H,5-9H2,1-4H3;9-10H,5-8H2,1-4H3;7-9H,5-6,10H2,1-4H3;8-9H,5-7H2,1-4H3. The van der Waals surface area contributed by atoms with Crippen molar-refractivity contribution >= 4 is 5.78 Å². The van der Waals surface area contributed by atoms with Crippen LogP contribution in [0.5, 0.6) is 0 Å². The van der Waals surface area contributed by atoms with Gasteiger partial charge in [-0.1, -0.05) is 256 Å². The third-order valence-corrected chi connectivity index (χ3v) is 10.8. The van der Waals surface area contributed by atoms with E-state index >= 15 is 0 Å². The normalized spacial score (nSPS) is 11.5. The highest BCUT2D eigenvalue weighted by molar-refractivity contribution is 5.78. The second-order valence-electron chi connectivity index (χ2n) is 25.0. The summed E-state index contributed by atoms with van der Waals surface area (Å²) < 4.78 is 5.46. The van der Waals surface area contributed by atoms with Crippen molar-refractivity contribution in [1.82, 2.24) is 0 Å². The maximum Gasteiger partial charge on any atom is 0.133 e. The van der Waals surface area contributed by atoms with Gasteiger partial charge in [-0.15, -0.1) is 0 Å². The van der Waals surface area contributed by atoms with Crippen molar-refractivity contribution in [2.45, 2.75) is 307 Å². The third-order valence-electron chi connectivity index (χ3n) is 10.8. The van der Waals surface area contributed by atoms with Gasteiger partial charge in [-0.3, -0.25) is 4.79 Å². The summed E-state index contributed by atoms with van der Waals surface area (Å²) in [4.78, 5) is 11.2. The van der Waals surface area contributed by atoms with Crippen molar-refractivity contribution in [2.75, 3.05) is 13.2 Å². The minimum Gasteiger partial charge on any atom is -0.381 e. The summed E-state index contributed by atoms with van der Waals surface area (Å²) in [6, 6.07) is 0.417. The van der Waals surface area contributed by atoms with Crippen LogP contribution >= 0.6 is 0 Å². The Bertz CT molecular complexity index is 735. The lowest BCUT2D eigenvalue weighted by atomic mass is 9.97. The molecule has 3 nitrogen and oxygen atoms in total. The van der Waals surface area contributed by atoms with E-state index in [0.29, 0.717) is 17.7 Å². The van der Waals surface area contributed by atoms with E-state index in [-0.39, 0.29) is 0 Å². The number of Topliss-reactive ketones (excluding diaryl/α,β-unsaturated/α-hetero) is 1. The minimum absolute atomic E-state index is 0.417. The average molecular weight is 913 g/mol.